The van der Waals surface area contributed by atoms with E-state index in [4.69, 9.17) is 0 Å². The first-order valence-electron chi connectivity index (χ1n) is 7.65. The number of nitro groups is 1. The van der Waals surface area contributed by atoms with Crippen molar-refractivity contribution in [2.24, 2.45) is 0 Å². The highest BCUT2D eigenvalue weighted by atomic mass is 32.2. The van der Waals surface area contributed by atoms with Crippen LogP contribution < -0.4 is 4.90 Å². The summed E-state index contributed by atoms with van der Waals surface area (Å²) in [5, 5.41) is 12.1. The molecule has 1 aliphatic heterocycles. The summed E-state index contributed by atoms with van der Waals surface area (Å²) in [6.45, 7) is 2.89. The van der Waals surface area contributed by atoms with Crippen molar-refractivity contribution in [3.05, 3.63) is 46.8 Å². The summed E-state index contributed by atoms with van der Waals surface area (Å²) >= 11 is 1.30. The lowest BCUT2D eigenvalue weighted by Crippen LogP contribution is -2.38. The molecule has 0 bridgehead atoms. The molecule has 6 nitrogen and oxygen atoms in total. The molecule has 1 aliphatic rings. The number of hydrogen-bond donors (Lipinski definition) is 0. The molecule has 0 spiro atoms. The molecule has 1 aromatic heterocycles. The van der Waals surface area contributed by atoms with Crippen LogP contribution in [-0.2, 0) is 0 Å². The molecule has 0 N–H and O–H groups in total. The van der Waals surface area contributed by atoms with Crippen LogP contribution in [0.1, 0.15) is 26.2 Å². The van der Waals surface area contributed by atoms with E-state index in [1.807, 2.05) is 35.2 Å². The number of nitrogens with zero attached hydrogens (tertiary/aromatic N) is 4. The Bertz CT molecular complexity index is 696. The minimum atomic E-state index is -0.359. The SMILES string of the molecule is CC1CCCCN1c1ncnc(Sc2ccccc2)c1[N+](=O)[O-]. The Morgan fingerprint density at radius 2 is 2.04 bits per heavy atom. The van der Waals surface area contributed by atoms with Crippen molar-refractivity contribution >= 4 is 23.3 Å². The molecule has 0 amide bonds. The highest BCUT2D eigenvalue weighted by molar-refractivity contribution is 7.99. The van der Waals surface area contributed by atoms with Gasteiger partial charge in [0.1, 0.15) is 6.33 Å². The maximum absolute atomic E-state index is 11.7. The second-order valence-corrected chi connectivity index (χ2v) is 6.62. The molecule has 120 valence electrons. The summed E-state index contributed by atoms with van der Waals surface area (Å²) in [6.07, 6.45) is 4.64. The summed E-state index contributed by atoms with van der Waals surface area (Å²) in [6, 6.07) is 9.82. The van der Waals surface area contributed by atoms with Crippen LogP contribution in [0.3, 0.4) is 0 Å². The summed E-state index contributed by atoms with van der Waals surface area (Å²) in [4.78, 5) is 22.7. The largest absolute Gasteiger partial charge is 0.348 e. The van der Waals surface area contributed by atoms with Gasteiger partial charge in [-0.2, -0.15) is 0 Å². The number of anilines is 1. The lowest BCUT2D eigenvalue weighted by Gasteiger charge is -2.33. The summed E-state index contributed by atoms with van der Waals surface area (Å²) in [7, 11) is 0. The number of hydrogen-bond acceptors (Lipinski definition) is 6. The molecule has 7 heteroatoms. The van der Waals surface area contributed by atoms with E-state index in [-0.39, 0.29) is 16.7 Å². The van der Waals surface area contributed by atoms with Gasteiger partial charge in [-0.1, -0.05) is 30.0 Å². The number of benzene rings is 1. The standard InChI is InChI=1S/C16H18N4O2S/c1-12-7-5-6-10-19(12)15-14(20(21)22)16(18-11-17-15)23-13-8-3-2-4-9-13/h2-4,8-9,11-12H,5-7,10H2,1H3. The first-order chi connectivity index (χ1) is 11.2. The molecule has 1 atom stereocenters. The van der Waals surface area contributed by atoms with Crippen molar-refractivity contribution in [3.8, 4) is 0 Å². The van der Waals surface area contributed by atoms with Crippen LogP contribution in [0.5, 0.6) is 0 Å². The zero-order valence-electron chi connectivity index (χ0n) is 12.9. The lowest BCUT2D eigenvalue weighted by molar-refractivity contribution is -0.387. The highest BCUT2D eigenvalue weighted by Crippen LogP contribution is 2.39. The maximum atomic E-state index is 11.7. The second kappa shape index (κ2) is 6.95. The molecule has 0 radical (unpaired) electrons. The van der Waals surface area contributed by atoms with Crippen molar-refractivity contribution < 1.29 is 4.92 Å². The monoisotopic (exact) mass is 330 g/mol. The molecule has 0 aliphatic carbocycles. The minimum absolute atomic E-state index is 0.00935. The van der Waals surface area contributed by atoms with E-state index >= 15 is 0 Å². The molecule has 3 rings (SSSR count). The quantitative estimate of drug-likeness (QED) is 0.481. The Hall–Kier alpha value is -2.15. The van der Waals surface area contributed by atoms with Crippen molar-refractivity contribution in [2.75, 3.05) is 11.4 Å². The normalized spacial score (nSPS) is 18.0. The predicted octanol–water partition coefficient (Wildman–Crippen LogP) is 3.91. The average molecular weight is 330 g/mol. The fourth-order valence-electron chi connectivity index (χ4n) is 2.81. The van der Waals surface area contributed by atoms with Gasteiger partial charge in [0.05, 0.1) is 4.92 Å². The van der Waals surface area contributed by atoms with Gasteiger partial charge in [-0.15, -0.1) is 0 Å². The van der Waals surface area contributed by atoms with Crippen LogP contribution in [0.4, 0.5) is 11.5 Å². The van der Waals surface area contributed by atoms with E-state index < -0.39 is 0 Å². The zero-order valence-corrected chi connectivity index (χ0v) is 13.7. The van der Waals surface area contributed by atoms with Gasteiger partial charge in [-0.3, -0.25) is 10.1 Å². The first kappa shape index (κ1) is 15.7. The van der Waals surface area contributed by atoms with E-state index in [1.54, 1.807) is 0 Å². The van der Waals surface area contributed by atoms with E-state index in [1.165, 1.54) is 18.1 Å². The van der Waals surface area contributed by atoms with Gasteiger partial charge < -0.3 is 4.90 Å². The molecule has 1 fully saturated rings. The third kappa shape index (κ3) is 3.44. The summed E-state index contributed by atoms with van der Waals surface area (Å²) < 4.78 is 0. The summed E-state index contributed by atoms with van der Waals surface area (Å²) in [5.74, 6) is 0.440. The van der Waals surface area contributed by atoms with Gasteiger partial charge in [-0.25, -0.2) is 9.97 Å². The third-order valence-corrected chi connectivity index (χ3v) is 4.98. The Balaban J connectivity index is 2.00. The lowest BCUT2D eigenvalue weighted by atomic mass is 10.0. The van der Waals surface area contributed by atoms with E-state index in [0.717, 1.165) is 30.7 Å². The molecule has 2 heterocycles. The Morgan fingerprint density at radius 1 is 1.26 bits per heavy atom. The van der Waals surface area contributed by atoms with Crippen LogP contribution in [0.2, 0.25) is 0 Å². The second-order valence-electron chi connectivity index (χ2n) is 5.56. The smallest absolute Gasteiger partial charge is 0.343 e. The van der Waals surface area contributed by atoms with Crippen LogP contribution in [0, 0.1) is 10.1 Å². The van der Waals surface area contributed by atoms with Gasteiger partial charge in [-0.05, 0) is 38.3 Å². The molecule has 0 saturated carbocycles. The number of rotatable bonds is 4. The third-order valence-electron chi connectivity index (χ3n) is 3.98. The van der Waals surface area contributed by atoms with Crippen molar-refractivity contribution in [2.45, 2.75) is 42.1 Å². The van der Waals surface area contributed by atoms with Crippen molar-refractivity contribution in [1.29, 1.82) is 0 Å². The van der Waals surface area contributed by atoms with Gasteiger partial charge in [0.15, 0.2) is 5.03 Å². The topological polar surface area (TPSA) is 72.2 Å². The Morgan fingerprint density at radius 3 is 2.74 bits per heavy atom. The van der Waals surface area contributed by atoms with E-state index in [0.29, 0.717) is 10.8 Å². The van der Waals surface area contributed by atoms with Gasteiger partial charge in [0.25, 0.3) is 0 Å². The number of aromatic nitrogens is 2. The van der Waals surface area contributed by atoms with Crippen LogP contribution in [0.25, 0.3) is 0 Å². The van der Waals surface area contributed by atoms with Gasteiger partial charge in [0.2, 0.25) is 5.82 Å². The maximum Gasteiger partial charge on any atom is 0.343 e. The summed E-state index contributed by atoms with van der Waals surface area (Å²) in [5.41, 5.74) is 0.00935. The average Bonchev–Trinajstić information content (AvgIpc) is 2.56. The highest BCUT2D eigenvalue weighted by Gasteiger charge is 2.30. The van der Waals surface area contributed by atoms with Gasteiger partial charge in [0, 0.05) is 17.5 Å². The Labute approximate surface area is 139 Å². The molecule has 1 saturated heterocycles. The molecule has 2 aromatic rings. The fraction of sp³-hybridized carbons (Fsp3) is 0.375. The van der Waals surface area contributed by atoms with Crippen LogP contribution in [-0.4, -0.2) is 27.5 Å². The number of piperidine rings is 1. The van der Waals surface area contributed by atoms with Crippen LogP contribution >= 0.6 is 11.8 Å². The predicted molar refractivity (Wildman–Crippen MR) is 89.9 cm³/mol. The Kier molecular flexibility index (Phi) is 4.76. The molecular weight excluding hydrogens is 312 g/mol. The van der Waals surface area contributed by atoms with Crippen LogP contribution in [0.15, 0.2) is 46.6 Å². The first-order valence-corrected chi connectivity index (χ1v) is 8.47. The zero-order chi connectivity index (χ0) is 16.2. The van der Waals surface area contributed by atoms with Crippen molar-refractivity contribution in [3.63, 3.8) is 0 Å². The van der Waals surface area contributed by atoms with E-state index in [2.05, 4.69) is 16.9 Å². The molecule has 23 heavy (non-hydrogen) atoms. The van der Waals surface area contributed by atoms with E-state index in [9.17, 15) is 10.1 Å². The molecule has 1 aromatic carbocycles. The minimum Gasteiger partial charge on any atom is -0.348 e. The molecule has 1 unspecified atom stereocenters. The van der Waals surface area contributed by atoms with Gasteiger partial charge >= 0.3 is 5.69 Å². The molecular formula is C16H18N4O2S. The fourth-order valence-corrected chi connectivity index (χ4v) is 3.69. The van der Waals surface area contributed by atoms with Crippen molar-refractivity contribution in [1.82, 2.24) is 9.97 Å².